The Kier molecular flexibility index (Phi) is 1.82. The highest BCUT2D eigenvalue weighted by Crippen LogP contribution is 2.45. The van der Waals surface area contributed by atoms with Crippen LogP contribution >= 0.6 is 0 Å². The van der Waals surface area contributed by atoms with Crippen LogP contribution in [-0.2, 0) is 4.79 Å². The normalized spacial score (nSPS) is 41.1. The van der Waals surface area contributed by atoms with Crippen LogP contribution in [0, 0.1) is 11.3 Å². The average molecular weight is 164 g/mol. The summed E-state index contributed by atoms with van der Waals surface area (Å²) in [5.41, 5.74) is 0.00694. The van der Waals surface area contributed by atoms with E-state index in [2.05, 4.69) is 19.1 Å². The summed E-state index contributed by atoms with van der Waals surface area (Å²) < 4.78 is 0. The van der Waals surface area contributed by atoms with Crippen LogP contribution in [0.1, 0.15) is 39.0 Å². The standard InChI is InChI=1S/C11H16O/c1-11-8-3-2-5-9(11)6-4-7-10(11)12/h2,5,9H,3-4,6-8H2,1H3/t9?,11-/m0/s1. The van der Waals surface area contributed by atoms with Crippen molar-refractivity contribution in [1.82, 2.24) is 0 Å². The molecular weight excluding hydrogens is 148 g/mol. The van der Waals surface area contributed by atoms with E-state index >= 15 is 0 Å². The molecule has 0 aromatic heterocycles. The zero-order valence-corrected chi connectivity index (χ0v) is 7.68. The SMILES string of the molecule is C[C@]12CCC=CC1CCCC2=O. The monoisotopic (exact) mass is 164 g/mol. The number of rotatable bonds is 0. The van der Waals surface area contributed by atoms with Crippen molar-refractivity contribution >= 4 is 5.78 Å². The van der Waals surface area contributed by atoms with E-state index in [1.807, 2.05) is 0 Å². The van der Waals surface area contributed by atoms with Gasteiger partial charge in [-0.1, -0.05) is 19.1 Å². The second-order valence-electron chi connectivity index (χ2n) is 4.31. The molecule has 0 aromatic carbocycles. The highest BCUT2D eigenvalue weighted by atomic mass is 16.1. The summed E-state index contributed by atoms with van der Waals surface area (Å²) in [5, 5.41) is 0. The molecule has 66 valence electrons. The Hall–Kier alpha value is -0.590. The Labute approximate surface area is 73.8 Å². The van der Waals surface area contributed by atoms with Gasteiger partial charge in [-0.25, -0.2) is 0 Å². The summed E-state index contributed by atoms with van der Waals surface area (Å²) in [4.78, 5) is 11.7. The molecular formula is C11H16O. The molecule has 0 radical (unpaired) electrons. The highest BCUT2D eigenvalue weighted by molar-refractivity contribution is 5.86. The molecule has 0 heterocycles. The fourth-order valence-electron chi connectivity index (χ4n) is 2.57. The van der Waals surface area contributed by atoms with Crippen LogP contribution in [0.2, 0.25) is 0 Å². The third kappa shape index (κ3) is 1.03. The maximum Gasteiger partial charge on any atom is 0.139 e. The van der Waals surface area contributed by atoms with Crippen molar-refractivity contribution in [3.8, 4) is 0 Å². The molecule has 2 rings (SSSR count). The van der Waals surface area contributed by atoms with Gasteiger partial charge in [-0.15, -0.1) is 0 Å². The Morgan fingerprint density at radius 3 is 3.17 bits per heavy atom. The summed E-state index contributed by atoms with van der Waals surface area (Å²) >= 11 is 0. The van der Waals surface area contributed by atoms with Gasteiger partial charge < -0.3 is 0 Å². The molecule has 2 aliphatic carbocycles. The fourth-order valence-corrected chi connectivity index (χ4v) is 2.57. The van der Waals surface area contributed by atoms with E-state index in [1.165, 1.54) is 6.42 Å². The van der Waals surface area contributed by atoms with Crippen LogP contribution in [0.25, 0.3) is 0 Å². The lowest BCUT2D eigenvalue weighted by molar-refractivity contribution is -0.133. The molecule has 12 heavy (non-hydrogen) atoms. The number of allylic oxidation sites excluding steroid dienone is 2. The molecule has 0 amide bonds. The van der Waals surface area contributed by atoms with E-state index in [1.54, 1.807) is 0 Å². The quantitative estimate of drug-likeness (QED) is 0.503. The average Bonchev–Trinajstić information content (AvgIpc) is 2.07. The van der Waals surface area contributed by atoms with E-state index < -0.39 is 0 Å². The third-order valence-electron chi connectivity index (χ3n) is 3.57. The Balaban J connectivity index is 2.29. The highest BCUT2D eigenvalue weighted by Gasteiger charge is 2.42. The van der Waals surface area contributed by atoms with Crippen molar-refractivity contribution in [2.75, 3.05) is 0 Å². The number of carbonyl (C=O) groups excluding carboxylic acids is 1. The van der Waals surface area contributed by atoms with Gasteiger partial charge in [-0.05, 0) is 31.6 Å². The van der Waals surface area contributed by atoms with Crippen LogP contribution < -0.4 is 0 Å². The second-order valence-corrected chi connectivity index (χ2v) is 4.31. The van der Waals surface area contributed by atoms with Gasteiger partial charge in [0, 0.05) is 11.8 Å². The number of hydrogen-bond donors (Lipinski definition) is 0. The van der Waals surface area contributed by atoms with E-state index in [0.717, 1.165) is 25.7 Å². The van der Waals surface area contributed by atoms with Crippen molar-refractivity contribution in [3.05, 3.63) is 12.2 Å². The topological polar surface area (TPSA) is 17.1 Å². The Bertz CT molecular complexity index is 229. The molecule has 0 bridgehead atoms. The minimum atomic E-state index is 0.00694. The minimum Gasteiger partial charge on any atom is -0.299 e. The molecule has 1 nitrogen and oxygen atoms in total. The van der Waals surface area contributed by atoms with Gasteiger partial charge in [-0.3, -0.25) is 4.79 Å². The van der Waals surface area contributed by atoms with Gasteiger partial charge in [-0.2, -0.15) is 0 Å². The minimum absolute atomic E-state index is 0.00694. The number of fused-ring (bicyclic) bond motifs is 1. The number of ketones is 1. The number of Topliss-reactive ketones (excluding diaryl/α,β-unsaturated/α-hetero) is 1. The fraction of sp³-hybridized carbons (Fsp3) is 0.727. The molecule has 2 atom stereocenters. The van der Waals surface area contributed by atoms with E-state index in [0.29, 0.717) is 11.7 Å². The van der Waals surface area contributed by atoms with Crippen molar-refractivity contribution in [2.45, 2.75) is 39.0 Å². The Morgan fingerprint density at radius 1 is 1.58 bits per heavy atom. The lowest BCUT2D eigenvalue weighted by Crippen LogP contribution is -2.39. The van der Waals surface area contributed by atoms with Gasteiger partial charge in [0.05, 0.1) is 0 Å². The summed E-state index contributed by atoms with van der Waals surface area (Å²) in [6.07, 6.45) is 9.82. The predicted molar refractivity (Wildman–Crippen MR) is 48.8 cm³/mol. The van der Waals surface area contributed by atoms with Crippen LogP contribution in [0.15, 0.2) is 12.2 Å². The third-order valence-corrected chi connectivity index (χ3v) is 3.57. The lowest BCUT2D eigenvalue weighted by atomic mass is 9.62. The molecule has 2 aliphatic rings. The largest absolute Gasteiger partial charge is 0.299 e. The van der Waals surface area contributed by atoms with Crippen LogP contribution in [0.5, 0.6) is 0 Å². The van der Waals surface area contributed by atoms with Gasteiger partial charge in [0.25, 0.3) is 0 Å². The first-order valence-electron chi connectivity index (χ1n) is 4.93. The zero-order valence-electron chi connectivity index (χ0n) is 7.68. The van der Waals surface area contributed by atoms with Crippen molar-refractivity contribution in [2.24, 2.45) is 11.3 Å². The summed E-state index contributed by atoms with van der Waals surface area (Å²) in [6.45, 7) is 2.16. The maximum absolute atomic E-state index is 11.7. The molecule has 1 heteroatoms. The molecule has 0 spiro atoms. The van der Waals surface area contributed by atoms with Crippen molar-refractivity contribution in [1.29, 1.82) is 0 Å². The number of hydrogen-bond acceptors (Lipinski definition) is 1. The molecule has 0 aromatic rings. The Morgan fingerprint density at radius 2 is 2.42 bits per heavy atom. The first-order valence-corrected chi connectivity index (χ1v) is 4.93. The molecule has 1 unspecified atom stereocenters. The van der Waals surface area contributed by atoms with E-state index in [4.69, 9.17) is 0 Å². The number of carbonyl (C=O) groups is 1. The van der Waals surface area contributed by atoms with Crippen LogP contribution in [-0.4, -0.2) is 5.78 Å². The summed E-state index contributed by atoms with van der Waals surface area (Å²) in [7, 11) is 0. The predicted octanol–water partition coefficient (Wildman–Crippen LogP) is 2.71. The summed E-state index contributed by atoms with van der Waals surface area (Å²) in [5.74, 6) is 1.05. The zero-order chi connectivity index (χ0) is 8.60. The molecule has 0 N–H and O–H groups in total. The molecule has 1 fully saturated rings. The molecule has 0 saturated heterocycles. The smallest absolute Gasteiger partial charge is 0.139 e. The van der Waals surface area contributed by atoms with Crippen molar-refractivity contribution in [3.63, 3.8) is 0 Å². The second kappa shape index (κ2) is 2.72. The first-order chi connectivity index (χ1) is 5.73. The van der Waals surface area contributed by atoms with Gasteiger partial charge >= 0.3 is 0 Å². The van der Waals surface area contributed by atoms with E-state index in [9.17, 15) is 4.79 Å². The first kappa shape index (κ1) is 8.03. The molecule has 1 saturated carbocycles. The van der Waals surface area contributed by atoms with Gasteiger partial charge in [0.15, 0.2) is 0 Å². The van der Waals surface area contributed by atoms with Crippen LogP contribution in [0.3, 0.4) is 0 Å². The van der Waals surface area contributed by atoms with Crippen molar-refractivity contribution < 1.29 is 4.79 Å². The van der Waals surface area contributed by atoms with Crippen LogP contribution in [0.4, 0.5) is 0 Å². The molecule has 0 aliphatic heterocycles. The van der Waals surface area contributed by atoms with E-state index in [-0.39, 0.29) is 5.41 Å². The maximum atomic E-state index is 11.7. The van der Waals surface area contributed by atoms with Gasteiger partial charge in [0.2, 0.25) is 0 Å². The summed E-state index contributed by atoms with van der Waals surface area (Å²) in [6, 6.07) is 0. The van der Waals surface area contributed by atoms with Gasteiger partial charge in [0.1, 0.15) is 5.78 Å². The lowest BCUT2D eigenvalue weighted by Gasteiger charge is -2.40.